The Hall–Kier alpha value is -0.120. The highest BCUT2D eigenvalue weighted by Crippen LogP contribution is 2.39. The minimum Gasteiger partial charge on any atom is -0.381 e. The van der Waals surface area contributed by atoms with Crippen molar-refractivity contribution in [2.45, 2.75) is 52.1 Å². The second-order valence-electron chi connectivity index (χ2n) is 6.95. The van der Waals surface area contributed by atoms with Gasteiger partial charge in [-0.05, 0) is 58.4 Å². The molecule has 0 aromatic rings. The molecule has 0 radical (unpaired) electrons. The van der Waals surface area contributed by atoms with Gasteiger partial charge in [0, 0.05) is 32.9 Å². The Bertz CT molecular complexity index is 254. The quantitative estimate of drug-likeness (QED) is 0.721. The molecule has 0 atom stereocenters. The molecule has 0 aromatic heterocycles. The molecule has 2 heterocycles. The summed E-state index contributed by atoms with van der Waals surface area (Å²) in [4.78, 5) is 2.62. The number of hydrogen-bond donors (Lipinski definition) is 0. The van der Waals surface area contributed by atoms with E-state index >= 15 is 0 Å². The lowest BCUT2D eigenvalue weighted by molar-refractivity contribution is -0.00787. The first-order chi connectivity index (χ1) is 8.49. The smallest absolute Gasteiger partial charge is 0.0598 e. The summed E-state index contributed by atoms with van der Waals surface area (Å²) < 4.78 is 11.3. The van der Waals surface area contributed by atoms with Crippen molar-refractivity contribution in [1.82, 2.24) is 4.90 Å². The van der Waals surface area contributed by atoms with E-state index in [1.54, 1.807) is 0 Å². The Morgan fingerprint density at radius 2 is 1.89 bits per heavy atom. The van der Waals surface area contributed by atoms with E-state index in [9.17, 15) is 0 Å². The van der Waals surface area contributed by atoms with Crippen LogP contribution in [0.2, 0.25) is 0 Å². The van der Waals surface area contributed by atoms with Crippen molar-refractivity contribution in [1.29, 1.82) is 0 Å². The van der Waals surface area contributed by atoms with Gasteiger partial charge in [-0.3, -0.25) is 0 Å². The fourth-order valence-corrected chi connectivity index (χ4v) is 3.10. The first-order valence-corrected chi connectivity index (χ1v) is 7.43. The minimum absolute atomic E-state index is 0.00689. The molecule has 0 unspecified atom stereocenters. The molecule has 0 aromatic carbocycles. The maximum Gasteiger partial charge on any atom is 0.0598 e. The standard InChI is InChI=1S/C15H29NO2/c1-14(2,3)18-10-4-8-16-9-5-15(13-16)6-11-17-12-7-15/h4-13H2,1-3H3. The molecule has 1 spiro atoms. The second kappa shape index (κ2) is 5.89. The zero-order chi connectivity index (χ0) is 13.1. The first kappa shape index (κ1) is 14.3. The highest BCUT2D eigenvalue weighted by Gasteiger charge is 2.38. The van der Waals surface area contributed by atoms with Crippen molar-refractivity contribution in [2.24, 2.45) is 5.41 Å². The van der Waals surface area contributed by atoms with E-state index < -0.39 is 0 Å². The lowest BCUT2D eigenvalue weighted by Gasteiger charge is -2.33. The number of likely N-dealkylation sites (tertiary alicyclic amines) is 1. The Labute approximate surface area is 112 Å². The van der Waals surface area contributed by atoms with Gasteiger partial charge in [-0.25, -0.2) is 0 Å². The van der Waals surface area contributed by atoms with Crippen LogP contribution in [0.15, 0.2) is 0 Å². The van der Waals surface area contributed by atoms with Crippen LogP contribution in [-0.4, -0.2) is 50.0 Å². The normalized spacial score (nSPS) is 24.8. The van der Waals surface area contributed by atoms with Gasteiger partial charge in [0.15, 0.2) is 0 Å². The molecule has 3 heteroatoms. The summed E-state index contributed by atoms with van der Waals surface area (Å²) in [6.45, 7) is 13.0. The zero-order valence-corrected chi connectivity index (χ0v) is 12.3. The van der Waals surface area contributed by atoms with Crippen LogP contribution in [0.3, 0.4) is 0 Å². The van der Waals surface area contributed by atoms with Crippen LogP contribution in [0, 0.1) is 5.41 Å². The van der Waals surface area contributed by atoms with Crippen molar-refractivity contribution in [3.63, 3.8) is 0 Å². The van der Waals surface area contributed by atoms with Crippen LogP contribution in [0.25, 0.3) is 0 Å². The zero-order valence-electron chi connectivity index (χ0n) is 12.3. The van der Waals surface area contributed by atoms with E-state index in [0.29, 0.717) is 5.41 Å². The van der Waals surface area contributed by atoms with E-state index in [4.69, 9.17) is 9.47 Å². The average Bonchev–Trinajstić information content (AvgIpc) is 2.68. The van der Waals surface area contributed by atoms with Crippen LogP contribution < -0.4 is 0 Å². The summed E-state index contributed by atoms with van der Waals surface area (Å²) in [6, 6.07) is 0. The summed E-state index contributed by atoms with van der Waals surface area (Å²) in [7, 11) is 0. The number of nitrogens with zero attached hydrogens (tertiary/aromatic N) is 1. The predicted molar refractivity (Wildman–Crippen MR) is 73.9 cm³/mol. The monoisotopic (exact) mass is 255 g/mol. The molecule has 106 valence electrons. The van der Waals surface area contributed by atoms with Crippen molar-refractivity contribution in [3.05, 3.63) is 0 Å². The summed E-state index contributed by atoms with van der Waals surface area (Å²) in [5.41, 5.74) is 0.593. The van der Waals surface area contributed by atoms with Gasteiger partial charge in [0.1, 0.15) is 0 Å². The molecule has 2 fully saturated rings. The molecule has 0 saturated carbocycles. The molecule has 2 saturated heterocycles. The molecule has 2 aliphatic rings. The van der Waals surface area contributed by atoms with E-state index in [-0.39, 0.29) is 5.60 Å². The van der Waals surface area contributed by atoms with Crippen molar-refractivity contribution < 1.29 is 9.47 Å². The maximum atomic E-state index is 5.78. The van der Waals surface area contributed by atoms with Gasteiger partial charge in [-0.15, -0.1) is 0 Å². The number of hydrogen-bond acceptors (Lipinski definition) is 3. The van der Waals surface area contributed by atoms with Crippen LogP contribution >= 0.6 is 0 Å². The fraction of sp³-hybridized carbons (Fsp3) is 1.00. The van der Waals surface area contributed by atoms with E-state index in [1.165, 1.54) is 38.9 Å². The maximum absolute atomic E-state index is 5.78. The molecule has 0 aliphatic carbocycles. The van der Waals surface area contributed by atoms with Crippen molar-refractivity contribution in [3.8, 4) is 0 Å². The summed E-state index contributed by atoms with van der Waals surface area (Å²) in [6.07, 6.45) is 5.06. The summed E-state index contributed by atoms with van der Waals surface area (Å²) in [5, 5.41) is 0. The molecule has 2 rings (SSSR count). The van der Waals surface area contributed by atoms with Gasteiger partial charge in [0.25, 0.3) is 0 Å². The Kier molecular flexibility index (Phi) is 4.68. The highest BCUT2D eigenvalue weighted by atomic mass is 16.5. The summed E-state index contributed by atoms with van der Waals surface area (Å²) >= 11 is 0. The summed E-state index contributed by atoms with van der Waals surface area (Å²) in [5.74, 6) is 0. The van der Waals surface area contributed by atoms with Crippen LogP contribution in [0.4, 0.5) is 0 Å². The largest absolute Gasteiger partial charge is 0.381 e. The number of ether oxygens (including phenoxy) is 2. The van der Waals surface area contributed by atoms with E-state index in [1.807, 2.05) is 0 Å². The van der Waals surface area contributed by atoms with Crippen molar-refractivity contribution >= 4 is 0 Å². The third kappa shape index (κ3) is 4.22. The Morgan fingerprint density at radius 1 is 1.17 bits per heavy atom. The minimum atomic E-state index is 0.00689. The van der Waals surface area contributed by atoms with Crippen LogP contribution in [-0.2, 0) is 9.47 Å². The fourth-order valence-electron chi connectivity index (χ4n) is 3.10. The third-order valence-corrected chi connectivity index (χ3v) is 4.22. The molecule has 0 N–H and O–H groups in total. The predicted octanol–water partition coefficient (Wildman–Crippen LogP) is 2.69. The van der Waals surface area contributed by atoms with Crippen LogP contribution in [0.1, 0.15) is 46.5 Å². The Balaban J connectivity index is 1.64. The van der Waals surface area contributed by atoms with Gasteiger partial charge < -0.3 is 14.4 Å². The van der Waals surface area contributed by atoms with Gasteiger partial charge in [0.2, 0.25) is 0 Å². The third-order valence-electron chi connectivity index (χ3n) is 4.22. The molecule has 2 aliphatic heterocycles. The lowest BCUT2D eigenvalue weighted by atomic mass is 9.80. The highest BCUT2D eigenvalue weighted by molar-refractivity contribution is 4.91. The lowest BCUT2D eigenvalue weighted by Crippen LogP contribution is -2.33. The van der Waals surface area contributed by atoms with Gasteiger partial charge in [-0.1, -0.05) is 0 Å². The average molecular weight is 255 g/mol. The topological polar surface area (TPSA) is 21.7 Å². The van der Waals surface area contributed by atoms with Crippen LogP contribution in [0.5, 0.6) is 0 Å². The molecular weight excluding hydrogens is 226 g/mol. The van der Waals surface area contributed by atoms with E-state index in [0.717, 1.165) is 26.2 Å². The SMILES string of the molecule is CC(C)(C)OCCCN1CCC2(CCOCC2)C1. The molecular formula is C15H29NO2. The molecule has 0 amide bonds. The number of rotatable bonds is 4. The van der Waals surface area contributed by atoms with Gasteiger partial charge >= 0.3 is 0 Å². The molecule has 3 nitrogen and oxygen atoms in total. The second-order valence-corrected chi connectivity index (χ2v) is 6.95. The molecule has 18 heavy (non-hydrogen) atoms. The van der Waals surface area contributed by atoms with E-state index in [2.05, 4.69) is 25.7 Å². The Morgan fingerprint density at radius 3 is 2.56 bits per heavy atom. The first-order valence-electron chi connectivity index (χ1n) is 7.43. The van der Waals surface area contributed by atoms with Gasteiger partial charge in [0.05, 0.1) is 5.60 Å². The molecule has 0 bridgehead atoms. The van der Waals surface area contributed by atoms with Gasteiger partial charge in [-0.2, -0.15) is 0 Å². The van der Waals surface area contributed by atoms with Crippen molar-refractivity contribution in [2.75, 3.05) is 39.5 Å².